The van der Waals surface area contributed by atoms with Crippen molar-refractivity contribution in [3.8, 4) is 11.4 Å². The molecule has 8 heteroatoms. The molecule has 4 rings (SSSR count). The van der Waals surface area contributed by atoms with Gasteiger partial charge in [0.25, 0.3) is 0 Å². The summed E-state index contributed by atoms with van der Waals surface area (Å²) in [6.07, 6.45) is 3.70. The number of aromatic nitrogens is 3. The molecule has 0 radical (unpaired) electrons. The van der Waals surface area contributed by atoms with Gasteiger partial charge in [-0.15, -0.1) is 10.2 Å². The van der Waals surface area contributed by atoms with Crippen molar-refractivity contribution in [2.24, 2.45) is 0 Å². The molecule has 33 heavy (non-hydrogen) atoms. The van der Waals surface area contributed by atoms with Gasteiger partial charge in [0.1, 0.15) is 5.75 Å². The van der Waals surface area contributed by atoms with E-state index in [-0.39, 0.29) is 17.2 Å². The van der Waals surface area contributed by atoms with E-state index in [1.165, 1.54) is 31.0 Å². The van der Waals surface area contributed by atoms with Gasteiger partial charge < -0.3 is 10.1 Å². The first kappa shape index (κ1) is 23.3. The molecule has 1 aliphatic heterocycles. The fourth-order valence-electron chi connectivity index (χ4n) is 4.05. The third-order valence-electron chi connectivity index (χ3n) is 5.99. The van der Waals surface area contributed by atoms with Gasteiger partial charge in [-0.2, -0.15) is 0 Å². The van der Waals surface area contributed by atoms with Gasteiger partial charge in [0.2, 0.25) is 5.91 Å². The molecule has 0 spiro atoms. The molecule has 1 saturated heterocycles. The number of carbonyl (C=O) groups is 1. The van der Waals surface area contributed by atoms with Crippen LogP contribution < -0.4 is 10.1 Å². The molecule has 0 bridgehead atoms. The monoisotopic (exact) mass is 465 g/mol. The Morgan fingerprint density at radius 1 is 1.00 bits per heavy atom. The lowest BCUT2D eigenvalue weighted by molar-refractivity contribution is -0.115. The van der Waals surface area contributed by atoms with Crippen LogP contribution in [0.25, 0.3) is 5.69 Å². The third kappa shape index (κ3) is 5.57. The molecule has 3 aromatic rings. The highest BCUT2D eigenvalue weighted by Gasteiger charge is 2.27. The quantitative estimate of drug-likeness (QED) is 0.475. The van der Waals surface area contributed by atoms with Crippen molar-refractivity contribution in [3.05, 3.63) is 60.4 Å². The van der Waals surface area contributed by atoms with E-state index in [1.54, 1.807) is 7.11 Å². The molecule has 1 aliphatic rings. The lowest BCUT2D eigenvalue weighted by atomic mass is 10.1. The molecule has 2 atom stereocenters. The van der Waals surface area contributed by atoms with Crippen LogP contribution in [0.15, 0.2) is 59.8 Å². The average molecular weight is 466 g/mol. The summed E-state index contributed by atoms with van der Waals surface area (Å²) in [5, 5.41) is 12.4. The summed E-state index contributed by atoms with van der Waals surface area (Å²) in [5.41, 5.74) is 1.74. The molecule has 1 amide bonds. The number of thioether (sulfide) groups is 1. The minimum absolute atomic E-state index is 0.0684. The molecule has 7 nitrogen and oxygen atoms in total. The minimum Gasteiger partial charge on any atom is -0.497 e. The summed E-state index contributed by atoms with van der Waals surface area (Å²) in [4.78, 5) is 15.3. The van der Waals surface area contributed by atoms with E-state index in [2.05, 4.69) is 31.9 Å². The van der Waals surface area contributed by atoms with E-state index in [0.29, 0.717) is 5.16 Å². The lowest BCUT2D eigenvalue weighted by Crippen LogP contribution is -2.33. The number of para-hydroxylation sites is 1. The zero-order chi connectivity index (χ0) is 23.2. The van der Waals surface area contributed by atoms with E-state index < -0.39 is 0 Å². The van der Waals surface area contributed by atoms with Crippen molar-refractivity contribution in [1.82, 2.24) is 19.7 Å². The number of hydrogen-bond donors (Lipinski definition) is 1. The van der Waals surface area contributed by atoms with Gasteiger partial charge >= 0.3 is 0 Å². The van der Waals surface area contributed by atoms with Crippen LogP contribution in [0.1, 0.15) is 45.0 Å². The number of anilines is 1. The van der Waals surface area contributed by atoms with Gasteiger partial charge in [-0.05, 0) is 76.2 Å². The number of methoxy groups -OCH3 is 1. The van der Waals surface area contributed by atoms with E-state index in [1.807, 2.05) is 61.5 Å². The number of amides is 1. The molecule has 1 aromatic heterocycles. The fraction of sp³-hybridized carbons (Fsp3) is 0.400. The number of benzene rings is 2. The number of piperidine rings is 1. The summed E-state index contributed by atoms with van der Waals surface area (Å²) in [5.74, 6) is 1.61. The molecule has 0 aliphatic carbocycles. The van der Waals surface area contributed by atoms with Crippen LogP contribution in [0.5, 0.6) is 5.75 Å². The van der Waals surface area contributed by atoms with Crippen molar-refractivity contribution >= 4 is 23.4 Å². The normalized spacial score (nSPS) is 16.2. The summed E-state index contributed by atoms with van der Waals surface area (Å²) < 4.78 is 7.41. The fourth-order valence-corrected chi connectivity index (χ4v) is 4.92. The van der Waals surface area contributed by atoms with E-state index in [9.17, 15) is 4.79 Å². The topological polar surface area (TPSA) is 72.3 Å². The van der Waals surface area contributed by atoms with Gasteiger partial charge in [0, 0.05) is 11.4 Å². The number of nitrogens with zero attached hydrogens (tertiary/aromatic N) is 4. The zero-order valence-corrected chi connectivity index (χ0v) is 20.2. The lowest BCUT2D eigenvalue weighted by Gasteiger charge is -2.32. The number of hydrogen-bond acceptors (Lipinski definition) is 6. The number of ether oxygens (including phenoxy) is 1. The first-order chi connectivity index (χ1) is 16.1. The van der Waals surface area contributed by atoms with Gasteiger partial charge in [0.15, 0.2) is 11.0 Å². The Morgan fingerprint density at radius 2 is 1.70 bits per heavy atom. The summed E-state index contributed by atoms with van der Waals surface area (Å²) in [6, 6.07) is 17.5. The first-order valence-electron chi connectivity index (χ1n) is 11.4. The molecule has 0 unspecified atom stereocenters. The van der Waals surface area contributed by atoms with Gasteiger partial charge in [0.05, 0.1) is 18.4 Å². The molecular weight excluding hydrogens is 434 g/mol. The molecule has 1 N–H and O–H groups in total. The van der Waals surface area contributed by atoms with E-state index >= 15 is 0 Å². The summed E-state index contributed by atoms with van der Waals surface area (Å²) >= 11 is 1.41. The second-order valence-electron chi connectivity index (χ2n) is 8.26. The van der Waals surface area contributed by atoms with Crippen LogP contribution in [-0.2, 0) is 4.79 Å². The van der Waals surface area contributed by atoms with Gasteiger partial charge in [-0.25, -0.2) is 0 Å². The van der Waals surface area contributed by atoms with Crippen molar-refractivity contribution in [3.63, 3.8) is 0 Å². The summed E-state index contributed by atoms with van der Waals surface area (Å²) in [7, 11) is 1.66. The molecule has 2 aromatic carbocycles. The third-order valence-corrected chi connectivity index (χ3v) is 7.04. The Labute approximate surface area is 199 Å². The number of rotatable bonds is 8. The second kappa shape index (κ2) is 10.9. The van der Waals surface area contributed by atoms with Crippen molar-refractivity contribution in [2.45, 2.75) is 49.6 Å². The maximum Gasteiger partial charge on any atom is 0.237 e. The van der Waals surface area contributed by atoms with Crippen LogP contribution in [0.4, 0.5) is 5.69 Å². The van der Waals surface area contributed by atoms with Crippen LogP contribution in [-0.4, -0.2) is 51.0 Å². The maximum absolute atomic E-state index is 12.8. The highest BCUT2D eigenvalue weighted by Crippen LogP contribution is 2.32. The van der Waals surface area contributed by atoms with Crippen LogP contribution in [0, 0.1) is 0 Å². The molecule has 0 saturated carbocycles. The Hall–Kier alpha value is -2.84. The van der Waals surface area contributed by atoms with Gasteiger partial charge in [-0.1, -0.05) is 36.4 Å². The Morgan fingerprint density at radius 3 is 2.36 bits per heavy atom. The van der Waals surface area contributed by atoms with Gasteiger partial charge in [-0.3, -0.25) is 14.3 Å². The molecule has 1 fully saturated rings. The SMILES string of the molecule is COc1ccc(-n2c(S[C@H](C)C(=O)Nc3ccccc3)nnc2[C@H](C)N2CCCCC2)cc1. The van der Waals surface area contributed by atoms with E-state index in [4.69, 9.17) is 4.74 Å². The van der Waals surface area contributed by atoms with Crippen LogP contribution >= 0.6 is 11.8 Å². The van der Waals surface area contributed by atoms with Crippen molar-refractivity contribution in [2.75, 3.05) is 25.5 Å². The Balaban J connectivity index is 1.61. The highest BCUT2D eigenvalue weighted by atomic mass is 32.2. The van der Waals surface area contributed by atoms with Crippen molar-refractivity contribution in [1.29, 1.82) is 0 Å². The maximum atomic E-state index is 12.8. The largest absolute Gasteiger partial charge is 0.497 e. The molecule has 2 heterocycles. The highest BCUT2D eigenvalue weighted by molar-refractivity contribution is 8.00. The van der Waals surface area contributed by atoms with Crippen molar-refractivity contribution < 1.29 is 9.53 Å². The predicted octanol–water partition coefficient (Wildman–Crippen LogP) is 4.94. The zero-order valence-electron chi connectivity index (χ0n) is 19.4. The Bertz CT molecular complexity index is 1050. The second-order valence-corrected chi connectivity index (χ2v) is 9.57. The first-order valence-corrected chi connectivity index (χ1v) is 12.3. The number of carbonyl (C=O) groups excluding carboxylic acids is 1. The smallest absolute Gasteiger partial charge is 0.237 e. The Kier molecular flexibility index (Phi) is 7.67. The average Bonchev–Trinajstić information content (AvgIpc) is 3.28. The minimum atomic E-state index is -0.343. The molecule has 174 valence electrons. The predicted molar refractivity (Wildman–Crippen MR) is 132 cm³/mol. The van der Waals surface area contributed by atoms with Crippen LogP contribution in [0.3, 0.4) is 0 Å². The van der Waals surface area contributed by atoms with Crippen LogP contribution in [0.2, 0.25) is 0 Å². The standard InChI is InChI=1S/C25H31N5O2S/c1-18(29-16-8-5-9-17-29)23-27-28-25(30(23)21-12-14-22(32-3)15-13-21)33-19(2)24(31)26-20-10-6-4-7-11-20/h4,6-7,10-15,18-19H,5,8-9,16-17H2,1-3H3,(H,26,31)/t18-,19+/m0/s1. The number of nitrogens with one attached hydrogen (secondary N) is 1. The molecular formula is C25H31N5O2S. The van der Waals surface area contributed by atoms with E-state index in [0.717, 1.165) is 36.0 Å². The summed E-state index contributed by atoms with van der Waals surface area (Å²) in [6.45, 7) is 6.21. The number of likely N-dealkylation sites (tertiary alicyclic amines) is 1.